The van der Waals surface area contributed by atoms with Gasteiger partial charge < -0.3 is 9.90 Å². The van der Waals surface area contributed by atoms with Crippen molar-refractivity contribution in [1.82, 2.24) is 0 Å². The molecule has 0 aromatic heterocycles. The van der Waals surface area contributed by atoms with E-state index in [1.807, 2.05) is 0 Å². The second kappa shape index (κ2) is 8.36. The maximum atomic E-state index is 10.5. The lowest BCUT2D eigenvalue weighted by atomic mass is 10.1. The van der Waals surface area contributed by atoms with E-state index in [1.54, 1.807) is 0 Å². The van der Waals surface area contributed by atoms with Crippen molar-refractivity contribution >= 4 is 12.2 Å². The smallest absolute Gasteiger partial charge is 0.430 e. The largest absolute Gasteiger partial charge is 0.542 e. The van der Waals surface area contributed by atoms with Gasteiger partial charge in [-0.25, -0.2) is 4.58 Å². The zero-order valence-electron chi connectivity index (χ0n) is 12.3. The summed E-state index contributed by atoms with van der Waals surface area (Å²) < 4.78 is 34.0. The number of alkyl halides is 3. The molecule has 0 N–H and O–H groups in total. The van der Waals surface area contributed by atoms with E-state index in [-0.39, 0.29) is 0 Å². The lowest BCUT2D eigenvalue weighted by Crippen LogP contribution is -2.37. The van der Waals surface area contributed by atoms with Crippen LogP contribution in [-0.2, 0) is 11.3 Å². The molecule has 0 radical (unpaired) electrons. The van der Waals surface area contributed by atoms with Crippen molar-refractivity contribution in [3.8, 4) is 0 Å². The molecule has 22 heavy (non-hydrogen) atoms. The third-order valence-electron chi connectivity index (χ3n) is 3.04. The van der Waals surface area contributed by atoms with Crippen molar-refractivity contribution in [3.05, 3.63) is 47.5 Å². The van der Waals surface area contributed by atoms with Crippen LogP contribution < -0.4 is 5.11 Å². The third-order valence-corrected chi connectivity index (χ3v) is 3.04. The van der Waals surface area contributed by atoms with E-state index in [9.17, 15) is 13.2 Å². The molecule has 6 heteroatoms. The second-order valence-corrected chi connectivity index (χ2v) is 4.79. The van der Waals surface area contributed by atoms with Crippen molar-refractivity contribution in [2.24, 2.45) is 0 Å². The van der Waals surface area contributed by atoms with Gasteiger partial charge >= 0.3 is 6.18 Å². The Morgan fingerprint density at radius 2 is 1.86 bits per heavy atom. The standard InChI is InChI=1S/C14H18N.C2HF3O2/c1-2-13-9-6-10-15(11-13)12-14-7-4-3-5-8-14;3-2(4,5)1(6)7/h3-5,7-9,11H,2,6,10,12H2,1H3;(H,6,7)/q+1;/p-1. The molecule has 0 saturated heterocycles. The van der Waals surface area contributed by atoms with Crippen LogP contribution in [0.2, 0.25) is 0 Å². The molecule has 0 aliphatic carbocycles. The van der Waals surface area contributed by atoms with Gasteiger partial charge in [0.15, 0.2) is 12.8 Å². The lowest BCUT2D eigenvalue weighted by molar-refractivity contribution is -0.539. The first kappa shape index (κ1) is 17.9. The highest BCUT2D eigenvalue weighted by Gasteiger charge is 2.28. The SMILES string of the molecule is CCC1=CCC[N+](Cc2ccccc2)=C1.O=C([O-])C(F)(F)F. The summed E-state index contributed by atoms with van der Waals surface area (Å²) >= 11 is 0. The zero-order valence-corrected chi connectivity index (χ0v) is 12.3. The Labute approximate surface area is 127 Å². The monoisotopic (exact) mass is 313 g/mol. The fourth-order valence-corrected chi connectivity index (χ4v) is 1.95. The number of hydrogen-bond donors (Lipinski definition) is 0. The average molecular weight is 313 g/mol. The Bertz CT molecular complexity index is 548. The number of aliphatic carboxylic acids is 1. The molecule has 0 bridgehead atoms. The Morgan fingerprint density at radius 3 is 2.36 bits per heavy atom. The number of carbonyl (C=O) groups excluding carboxylic acids is 1. The van der Waals surface area contributed by atoms with Crippen LogP contribution in [0.3, 0.4) is 0 Å². The van der Waals surface area contributed by atoms with Gasteiger partial charge in [0, 0.05) is 17.6 Å². The van der Waals surface area contributed by atoms with Crippen LogP contribution in [0, 0.1) is 0 Å². The molecule has 0 spiro atoms. The molecular weight excluding hydrogens is 295 g/mol. The summed E-state index contributed by atoms with van der Waals surface area (Å²) in [5, 5.41) is 8.78. The Hall–Kier alpha value is -2.11. The van der Waals surface area contributed by atoms with E-state index < -0.39 is 12.1 Å². The number of carboxylic acids is 1. The van der Waals surface area contributed by atoms with E-state index in [4.69, 9.17) is 9.90 Å². The molecule has 1 aromatic rings. The van der Waals surface area contributed by atoms with Gasteiger partial charge in [0.2, 0.25) is 0 Å². The molecule has 1 aromatic carbocycles. The number of halogens is 3. The van der Waals surface area contributed by atoms with E-state index in [1.165, 1.54) is 17.6 Å². The fourth-order valence-electron chi connectivity index (χ4n) is 1.95. The summed E-state index contributed by atoms with van der Waals surface area (Å²) in [6, 6.07) is 10.7. The van der Waals surface area contributed by atoms with Crippen LogP contribution in [0.15, 0.2) is 42.0 Å². The number of carboxylic acid groups (broad SMARTS) is 1. The number of rotatable bonds is 3. The van der Waals surface area contributed by atoms with Crippen molar-refractivity contribution in [1.29, 1.82) is 0 Å². The van der Waals surface area contributed by atoms with Crippen molar-refractivity contribution in [2.75, 3.05) is 6.54 Å². The summed E-state index contributed by atoms with van der Waals surface area (Å²) in [4.78, 5) is 8.78. The molecule has 1 aliphatic rings. The van der Waals surface area contributed by atoms with Crippen LogP contribution in [0.1, 0.15) is 25.3 Å². The van der Waals surface area contributed by atoms with E-state index in [0.29, 0.717) is 0 Å². The summed E-state index contributed by atoms with van der Waals surface area (Å²) in [6.45, 7) is 4.41. The summed E-state index contributed by atoms with van der Waals surface area (Å²) in [7, 11) is 0. The van der Waals surface area contributed by atoms with Crippen LogP contribution in [0.4, 0.5) is 13.2 Å². The summed E-state index contributed by atoms with van der Waals surface area (Å²) in [5.41, 5.74) is 2.86. The van der Waals surface area contributed by atoms with Crippen LogP contribution in [0.25, 0.3) is 0 Å². The number of benzene rings is 1. The van der Waals surface area contributed by atoms with Gasteiger partial charge in [0.05, 0.1) is 0 Å². The molecule has 120 valence electrons. The van der Waals surface area contributed by atoms with Crippen LogP contribution >= 0.6 is 0 Å². The van der Waals surface area contributed by atoms with Crippen LogP contribution in [0.5, 0.6) is 0 Å². The molecule has 0 unspecified atom stereocenters. The lowest BCUT2D eigenvalue weighted by Gasteiger charge is -2.08. The van der Waals surface area contributed by atoms with E-state index >= 15 is 0 Å². The highest BCUT2D eigenvalue weighted by atomic mass is 19.4. The average Bonchev–Trinajstić information content (AvgIpc) is 2.48. The summed E-state index contributed by atoms with van der Waals surface area (Å²) in [5.74, 6) is -3.01. The first-order chi connectivity index (χ1) is 10.3. The normalized spacial score (nSPS) is 14.4. The van der Waals surface area contributed by atoms with Gasteiger partial charge in [0.25, 0.3) is 0 Å². The van der Waals surface area contributed by atoms with Gasteiger partial charge in [-0.2, -0.15) is 13.2 Å². The van der Waals surface area contributed by atoms with Gasteiger partial charge in [-0.3, -0.25) is 0 Å². The summed E-state index contributed by atoms with van der Waals surface area (Å²) in [6.07, 6.45) is 1.79. The number of carbonyl (C=O) groups is 1. The molecule has 0 fully saturated rings. The zero-order chi connectivity index (χ0) is 16.6. The Kier molecular flexibility index (Phi) is 6.82. The van der Waals surface area contributed by atoms with Gasteiger partial charge in [0.1, 0.15) is 12.5 Å². The third kappa shape index (κ3) is 6.56. The van der Waals surface area contributed by atoms with E-state index in [0.717, 1.165) is 19.5 Å². The Morgan fingerprint density at radius 1 is 1.27 bits per heavy atom. The minimum atomic E-state index is -5.19. The van der Waals surface area contributed by atoms with Crippen molar-refractivity contribution in [3.63, 3.8) is 0 Å². The fraction of sp³-hybridized carbons (Fsp3) is 0.375. The minimum absolute atomic E-state index is 1.04. The van der Waals surface area contributed by atoms with Gasteiger partial charge in [-0.1, -0.05) is 43.3 Å². The first-order valence-electron chi connectivity index (χ1n) is 6.93. The highest BCUT2D eigenvalue weighted by Crippen LogP contribution is 2.11. The second-order valence-electron chi connectivity index (χ2n) is 4.79. The quantitative estimate of drug-likeness (QED) is 0.804. The molecule has 2 rings (SSSR count). The molecule has 1 heterocycles. The van der Waals surface area contributed by atoms with Crippen molar-refractivity contribution in [2.45, 2.75) is 32.5 Å². The Balaban J connectivity index is 0.000000295. The van der Waals surface area contributed by atoms with Crippen LogP contribution in [-0.4, -0.2) is 29.5 Å². The molecule has 0 amide bonds. The maximum absolute atomic E-state index is 10.5. The maximum Gasteiger partial charge on any atom is 0.430 e. The molecule has 0 atom stereocenters. The van der Waals surface area contributed by atoms with E-state index in [2.05, 4.69) is 54.1 Å². The number of hydrogen-bond acceptors (Lipinski definition) is 2. The molecule has 3 nitrogen and oxygen atoms in total. The number of nitrogens with zero attached hydrogens (tertiary/aromatic N) is 1. The predicted molar refractivity (Wildman–Crippen MR) is 75.4 cm³/mol. The molecule has 1 aliphatic heterocycles. The van der Waals surface area contributed by atoms with Crippen molar-refractivity contribution < 1.29 is 27.6 Å². The molecule has 0 saturated carbocycles. The predicted octanol–water partition coefficient (Wildman–Crippen LogP) is 2.31. The van der Waals surface area contributed by atoms with Gasteiger partial charge in [-0.05, 0) is 6.42 Å². The minimum Gasteiger partial charge on any atom is -0.542 e. The van der Waals surface area contributed by atoms with Gasteiger partial charge in [-0.15, -0.1) is 0 Å². The topological polar surface area (TPSA) is 43.1 Å². The number of allylic oxidation sites excluding steroid dienone is 1. The highest BCUT2D eigenvalue weighted by molar-refractivity contribution is 5.74. The first-order valence-corrected chi connectivity index (χ1v) is 6.93. The molecular formula is C16H18F3NO2.